The zero-order chi connectivity index (χ0) is 13.1. The molecule has 0 radical (unpaired) electrons. The normalized spacial score (nSPS) is 16.4. The van der Waals surface area contributed by atoms with E-state index in [1.54, 1.807) is 19.4 Å². The Bertz CT molecular complexity index is 480. The lowest BCUT2D eigenvalue weighted by molar-refractivity contribution is 0.149. The van der Waals surface area contributed by atoms with Crippen molar-refractivity contribution in [2.45, 2.75) is 31.5 Å². The highest BCUT2D eigenvalue weighted by molar-refractivity contribution is 5.02. The van der Waals surface area contributed by atoms with E-state index in [0.29, 0.717) is 6.42 Å². The maximum absolute atomic E-state index is 9.33. The van der Waals surface area contributed by atoms with E-state index >= 15 is 0 Å². The molecule has 2 aromatic heterocycles. The van der Waals surface area contributed by atoms with E-state index in [1.807, 2.05) is 0 Å². The third kappa shape index (κ3) is 2.73. The molecule has 2 heterocycles. The van der Waals surface area contributed by atoms with Gasteiger partial charge in [-0.05, 0) is 6.92 Å². The summed E-state index contributed by atoms with van der Waals surface area (Å²) < 4.78 is 5.35. The number of nitrogens with two attached hydrogens (primary N) is 2. The van der Waals surface area contributed by atoms with Crippen molar-refractivity contribution in [3.8, 4) is 0 Å². The first kappa shape index (κ1) is 12.7. The smallest absolute Gasteiger partial charge is 0.235 e. The first-order valence-corrected chi connectivity index (χ1v) is 5.57. The fraction of sp³-hybridized carbons (Fsp3) is 0.500. The number of aromatic amines is 1. The minimum absolute atomic E-state index is 0.181. The van der Waals surface area contributed by atoms with Gasteiger partial charge in [0.1, 0.15) is 6.04 Å². The lowest BCUT2D eigenvalue weighted by Crippen LogP contribution is -2.23. The summed E-state index contributed by atoms with van der Waals surface area (Å²) in [6, 6.07) is -1.14. The summed E-state index contributed by atoms with van der Waals surface area (Å²) in [5.41, 5.74) is 12.5. The van der Waals surface area contributed by atoms with Crippen LogP contribution in [0, 0.1) is 0 Å². The highest BCUT2D eigenvalue weighted by Crippen LogP contribution is 2.17. The molecule has 0 bridgehead atoms. The van der Waals surface area contributed by atoms with Gasteiger partial charge in [0.2, 0.25) is 11.8 Å². The SMILES string of the molecule is CC(O)[C@H](N)c1nnc([C@@H](N)Cc2cnc[nH]2)o1. The number of rotatable bonds is 5. The minimum Gasteiger partial charge on any atom is -0.422 e. The zero-order valence-corrected chi connectivity index (χ0v) is 9.95. The summed E-state index contributed by atoms with van der Waals surface area (Å²) >= 11 is 0. The fourth-order valence-electron chi connectivity index (χ4n) is 1.46. The molecule has 0 spiro atoms. The fourth-order valence-corrected chi connectivity index (χ4v) is 1.46. The Hall–Kier alpha value is -1.77. The molecule has 1 unspecified atom stereocenters. The van der Waals surface area contributed by atoms with Gasteiger partial charge in [0.05, 0.1) is 18.5 Å². The molecule has 0 saturated carbocycles. The molecule has 0 aliphatic rings. The van der Waals surface area contributed by atoms with Crippen LogP contribution in [0.25, 0.3) is 0 Å². The third-order valence-electron chi connectivity index (χ3n) is 2.57. The van der Waals surface area contributed by atoms with E-state index in [1.165, 1.54) is 0 Å². The van der Waals surface area contributed by atoms with Crippen LogP contribution in [0.1, 0.15) is 36.5 Å². The predicted octanol–water partition coefficient (Wildman–Crippen LogP) is -0.584. The van der Waals surface area contributed by atoms with Crippen molar-refractivity contribution in [3.05, 3.63) is 30.0 Å². The van der Waals surface area contributed by atoms with Crippen molar-refractivity contribution in [2.75, 3.05) is 0 Å². The third-order valence-corrected chi connectivity index (χ3v) is 2.57. The summed E-state index contributed by atoms with van der Waals surface area (Å²) in [5.74, 6) is 0.468. The van der Waals surface area contributed by atoms with Crippen LogP contribution in [0.3, 0.4) is 0 Å². The van der Waals surface area contributed by atoms with Gasteiger partial charge in [-0.1, -0.05) is 0 Å². The molecule has 0 amide bonds. The molecule has 6 N–H and O–H groups in total. The Kier molecular flexibility index (Phi) is 3.70. The number of nitrogens with one attached hydrogen (secondary N) is 1. The van der Waals surface area contributed by atoms with Crippen LogP contribution in [0.2, 0.25) is 0 Å². The quantitative estimate of drug-likeness (QED) is 0.557. The van der Waals surface area contributed by atoms with Crippen molar-refractivity contribution in [2.24, 2.45) is 11.5 Å². The van der Waals surface area contributed by atoms with Crippen molar-refractivity contribution in [3.63, 3.8) is 0 Å². The van der Waals surface area contributed by atoms with Crippen molar-refractivity contribution < 1.29 is 9.52 Å². The van der Waals surface area contributed by atoms with E-state index in [0.717, 1.165) is 5.69 Å². The molecule has 2 rings (SSSR count). The van der Waals surface area contributed by atoms with E-state index in [-0.39, 0.29) is 11.8 Å². The molecule has 0 aliphatic carbocycles. The molecule has 18 heavy (non-hydrogen) atoms. The molecule has 8 heteroatoms. The molecule has 2 aromatic rings. The number of hydrogen-bond donors (Lipinski definition) is 4. The standard InChI is InChI=1S/C10H16N6O2/c1-5(17)8(12)10-16-15-9(18-10)7(11)2-6-3-13-4-14-6/h3-5,7-8,17H,2,11-12H2,1H3,(H,13,14)/t5?,7-,8-/m0/s1. The lowest BCUT2D eigenvalue weighted by atomic mass is 10.2. The van der Waals surface area contributed by atoms with E-state index in [2.05, 4.69) is 20.2 Å². The maximum Gasteiger partial charge on any atom is 0.235 e. The molecule has 98 valence electrons. The molecule has 0 saturated heterocycles. The van der Waals surface area contributed by atoms with Crippen LogP contribution in [-0.2, 0) is 6.42 Å². The molecular formula is C10H16N6O2. The molecular weight excluding hydrogens is 236 g/mol. The number of nitrogens with zero attached hydrogens (tertiary/aromatic N) is 3. The Morgan fingerprint density at radius 2 is 2.11 bits per heavy atom. The molecule has 3 atom stereocenters. The Morgan fingerprint density at radius 3 is 2.72 bits per heavy atom. The minimum atomic E-state index is -0.762. The number of hydrogen-bond acceptors (Lipinski definition) is 7. The van der Waals surface area contributed by atoms with Crippen molar-refractivity contribution in [1.82, 2.24) is 20.2 Å². The second-order valence-electron chi connectivity index (χ2n) is 4.13. The number of aliphatic hydroxyl groups excluding tert-OH is 1. The van der Waals surface area contributed by atoms with Gasteiger partial charge in [0, 0.05) is 18.3 Å². The van der Waals surface area contributed by atoms with Gasteiger partial charge >= 0.3 is 0 Å². The van der Waals surface area contributed by atoms with Gasteiger partial charge in [-0.25, -0.2) is 4.98 Å². The van der Waals surface area contributed by atoms with E-state index in [9.17, 15) is 5.11 Å². The Morgan fingerprint density at radius 1 is 1.39 bits per heavy atom. The first-order valence-electron chi connectivity index (χ1n) is 5.57. The van der Waals surface area contributed by atoms with Crippen molar-refractivity contribution >= 4 is 0 Å². The van der Waals surface area contributed by atoms with Crippen LogP contribution in [0.5, 0.6) is 0 Å². The number of aliphatic hydroxyl groups is 1. The summed E-state index contributed by atoms with van der Waals surface area (Å²) in [4.78, 5) is 6.83. The van der Waals surface area contributed by atoms with Crippen molar-refractivity contribution in [1.29, 1.82) is 0 Å². The van der Waals surface area contributed by atoms with Crippen LogP contribution in [0.15, 0.2) is 16.9 Å². The summed E-state index contributed by atoms with van der Waals surface area (Å²) in [7, 11) is 0. The first-order chi connectivity index (χ1) is 8.58. The highest BCUT2D eigenvalue weighted by Gasteiger charge is 2.21. The number of H-pyrrole nitrogens is 1. The zero-order valence-electron chi connectivity index (χ0n) is 9.95. The summed E-state index contributed by atoms with van der Waals surface area (Å²) in [6.07, 6.45) is 3.00. The monoisotopic (exact) mass is 252 g/mol. The average Bonchev–Trinajstić information content (AvgIpc) is 2.97. The summed E-state index contributed by atoms with van der Waals surface area (Å²) in [6.45, 7) is 1.55. The molecule has 0 fully saturated rings. The van der Waals surface area contributed by atoms with Gasteiger partial charge in [0.15, 0.2) is 0 Å². The topological polar surface area (TPSA) is 140 Å². The van der Waals surface area contributed by atoms with Gasteiger partial charge in [-0.3, -0.25) is 0 Å². The van der Waals surface area contributed by atoms with Crippen LogP contribution in [0.4, 0.5) is 0 Å². The Balaban J connectivity index is 2.05. The van der Waals surface area contributed by atoms with Crippen LogP contribution < -0.4 is 11.5 Å². The number of imidazole rings is 1. The molecule has 0 aromatic carbocycles. The second-order valence-corrected chi connectivity index (χ2v) is 4.13. The van der Waals surface area contributed by atoms with Gasteiger partial charge in [-0.15, -0.1) is 10.2 Å². The molecule has 8 nitrogen and oxygen atoms in total. The summed E-state index contributed by atoms with van der Waals surface area (Å²) in [5, 5.41) is 16.9. The molecule has 0 aliphatic heterocycles. The van der Waals surface area contributed by atoms with Gasteiger partial charge in [0.25, 0.3) is 0 Å². The predicted molar refractivity (Wildman–Crippen MR) is 62.1 cm³/mol. The largest absolute Gasteiger partial charge is 0.422 e. The lowest BCUT2D eigenvalue weighted by Gasteiger charge is -2.09. The van der Waals surface area contributed by atoms with E-state index < -0.39 is 18.2 Å². The van der Waals surface area contributed by atoms with Gasteiger partial charge < -0.3 is 26.0 Å². The van der Waals surface area contributed by atoms with Crippen LogP contribution in [-0.4, -0.2) is 31.4 Å². The Labute approximate surface area is 103 Å². The maximum atomic E-state index is 9.33. The van der Waals surface area contributed by atoms with Crippen LogP contribution >= 0.6 is 0 Å². The number of aromatic nitrogens is 4. The van der Waals surface area contributed by atoms with E-state index in [4.69, 9.17) is 15.9 Å². The van der Waals surface area contributed by atoms with Gasteiger partial charge in [-0.2, -0.15) is 0 Å². The average molecular weight is 252 g/mol. The second kappa shape index (κ2) is 5.25. The highest BCUT2D eigenvalue weighted by atomic mass is 16.4.